The van der Waals surface area contributed by atoms with Gasteiger partial charge in [-0.25, -0.2) is 13.8 Å². The number of nitrogens with zero attached hydrogens (tertiary/aromatic N) is 4. The molecule has 0 fully saturated rings. The van der Waals surface area contributed by atoms with Crippen LogP contribution in [-0.2, 0) is 6.54 Å². The summed E-state index contributed by atoms with van der Waals surface area (Å²) in [4.78, 5) is 32.2. The zero-order valence-electron chi connectivity index (χ0n) is 20.1. The zero-order valence-corrected chi connectivity index (χ0v) is 20.9. The Hall–Kier alpha value is -4.24. The largest absolute Gasteiger partial charge is 0.289 e. The number of fused-ring (bicyclic) bond motifs is 1. The normalized spacial score (nSPS) is 11.1. The van der Waals surface area contributed by atoms with E-state index < -0.39 is 11.6 Å². The first-order valence-corrected chi connectivity index (χ1v) is 12.4. The van der Waals surface area contributed by atoms with Crippen molar-refractivity contribution in [3.05, 3.63) is 113 Å². The lowest BCUT2D eigenvalue weighted by atomic mass is 10.0. The quantitative estimate of drug-likeness (QED) is 0.250. The van der Waals surface area contributed by atoms with Crippen molar-refractivity contribution in [1.29, 1.82) is 0 Å². The van der Waals surface area contributed by atoms with Crippen LogP contribution in [0.5, 0.6) is 0 Å². The molecule has 0 radical (unpaired) electrons. The van der Waals surface area contributed by atoms with E-state index in [1.807, 2.05) is 26.0 Å². The number of carbonyl (C=O) groups excluding carboxylic acids is 2. The van der Waals surface area contributed by atoms with Crippen LogP contribution >= 0.6 is 11.3 Å². The molecule has 0 bridgehead atoms. The molecule has 0 aliphatic carbocycles. The molecule has 9 heteroatoms. The molecule has 5 aromatic rings. The molecule has 5 rings (SSSR count). The molecule has 186 valence electrons. The Morgan fingerprint density at radius 2 is 1.59 bits per heavy atom. The summed E-state index contributed by atoms with van der Waals surface area (Å²) in [6, 6.07) is 19.2. The highest BCUT2D eigenvalue weighted by atomic mass is 32.1. The van der Waals surface area contributed by atoms with E-state index in [1.165, 1.54) is 11.0 Å². The Labute approximate surface area is 215 Å². The van der Waals surface area contributed by atoms with E-state index in [-0.39, 0.29) is 28.9 Å². The summed E-state index contributed by atoms with van der Waals surface area (Å²) in [5, 5.41) is 4.70. The molecule has 0 aliphatic rings. The van der Waals surface area contributed by atoms with E-state index in [0.29, 0.717) is 27.9 Å². The lowest BCUT2D eigenvalue weighted by Gasteiger charge is -2.20. The molecule has 2 aromatic heterocycles. The van der Waals surface area contributed by atoms with Crippen molar-refractivity contribution < 1.29 is 18.4 Å². The van der Waals surface area contributed by atoms with Crippen LogP contribution < -0.4 is 4.90 Å². The Kier molecular flexibility index (Phi) is 6.62. The first-order chi connectivity index (χ1) is 17.8. The van der Waals surface area contributed by atoms with Gasteiger partial charge in [0, 0.05) is 35.0 Å². The van der Waals surface area contributed by atoms with E-state index in [1.54, 1.807) is 53.2 Å². The second-order valence-electron chi connectivity index (χ2n) is 8.61. The fourth-order valence-electron chi connectivity index (χ4n) is 4.12. The Morgan fingerprint density at radius 1 is 0.919 bits per heavy atom. The third kappa shape index (κ3) is 5.03. The Balaban J connectivity index is 1.47. The van der Waals surface area contributed by atoms with E-state index in [9.17, 15) is 18.4 Å². The van der Waals surface area contributed by atoms with Crippen LogP contribution in [0.4, 0.5) is 13.9 Å². The number of hydrogen-bond donors (Lipinski definition) is 0. The molecular formula is C28H22F2N4O2S. The van der Waals surface area contributed by atoms with E-state index in [4.69, 9.17) is 0 Å². The van der Waals surface area contributed by atoms with Crippen LogP contribution in [0, 0.1) is 25.5 Å². The molecule has 37 heavy (non-hydrogen) atoms. The summed E-state index contributed by atoms with van der Waals surface area (Å²) >= 11 is 1.04. The number of halogens is 2. The Morgan fingerprint density at radius 3 is 2.27 bits per heavy atom. The number of hydrogen-bond acceptors (Lipinski definition) is 5. The number of aryl methyl sites for hydroxylation is 2. The first-order valence-electron chi connectivity index (χ1n) is 11.6. The number of carbonyl (C=O) groups is 2. The maximum Gasteiger partial charge on any atom is 0.260 e. The van der Waals surface area contributed by atoms with Crippen molar-refractivity contribution in [1.82, 2.24) is 14.8 Å². The lowest BCUT2D eigenvalue weighted by molar-refractivity contribution is 0.0983. The topological polar surface area (TPSA) is 68.1 Å². The SMILES string of the molecule is Cc1cc(C)n(CCN(C(=O)c2ccc(C(=O)c3ccccc3)cc2)c2nc3c(F)cc(F)cc3s2)n1. The average Bonchev–Trinajstić information content (AvgIpc) is 3.46. The molecule has 0 saturated carbocycles. The van der Waals surface area contributed by atoms with Crippen molar-refractivity contribution >= 4 is 38.4 Å². The first kappa shape index (κ1) is 24.5. The van der Waals surface area contributed by atoms with Crippen LogP contribution in [0.2, 0.25) is 0 Å². The fourth-order valence-corrected chi connectivity index (χ4v) is 5.15. The number of rotatable bonds is 7. The predicted octanol–water partition coefficient (Wildman–Crippen LogP) is 5.97. The molecule has 1 amide bonds. The molecule has 0 saturated heterocycles. The van der Waals surface area contributed by atoms with E-state index in [0.717, 1.165) is 28.8 Å². The molecule has 0 aliphatic heterocycles. The molecular weight excluding hydrogens is 494 g/mol. The van der Waals surface area contributed by atoms with Gasteiger partial charge in [-0.15, -0.1) is 0 Å². The van der Waals surface area contributed by atoms with Crippen LogP contribution in [0.3, 0.4) is 0 Å². The summed E-state index contributed by atoms with van der Waals surface area (Å²) in [7, 11) is 0. The van der Waals surface area contributed by atoms with Crippen LogP contribution in [0.15, 0.2) is 72.8 Å². The predicted molar refractivity (Wildman–Crippen MR) is 139 cm³/mol. The van der Waals surface area contributed by atoms with Crippen LogP contribution in [-0.4, -0.2) is 33.0 Å². The number of anilines is 1. The number of thiazole rings is 1. The lowest BCUT2D eigenvalue weighted by Crippen LogP contribution is -2.34. The van der Waals surface area contributed by atoms with Gasteiger partial charge in [0.25, 0.3) is 5.91 Å². The smallest absolute Gasteiger partial charge is 0.260 e. The van der Waals surface area contributed by atoms with Crippen molar-refractivity contribution in [2.45, 2.75) is 20.4 Å². The standard InChI is InChI=1S/C28H22F2N4O2S/c1-17-14-18(2)34(32-17)13-12-33(28-31-25-23(30)15-22(29)16-24(25)37-28)27(36)21-10-8-20(9-11-21)26(35)19-6-4-3-5-7-19/h3-11,14-16H,12-13H2,1-2H3. The summed E-state index contributed by atoms with van der Waals surface area (Å²) in [5.41, 5.74) is 3.14. The van der Waals surface area contributed by atoms with Crippen LogP contribution in [0.25, 0.3) is 10.2 Å². The van der Waals surface area contributed by atoms with Crippen molar-refractivity contribution in [3.8, 4) is 0 Å². The van der Waals surface area contributed by atoms with Gasteiger partial charge < -0.3 is 0 Å². The van der Waals surface area contributed by atoms with Crippen molar-refractivity contribution in [2.75, 3.05) is 11.4 Å². The molecule has 6 nitrogen and oxygen atoms in total. The average molecular weight is 517 g/mol. The number of amides is 1. The van der Waals surface area contributed by atoms with Crippen molar-refractivity contribution in [3.63, 3.8) is 0 Å². The third-order valence-electron chi connectivity index (χ3n) is 5.95. The van der Waals surface area contributed by atoms with Gasteiger partial charge in [0.05, 0.1) is 16.9 Å². The molecule has 0 atom stereocenters. The second-order valence-corrected chi connectivity index (χ2v) is 9.62. The molecule has 2 heterocycles. The van der Waals surface area contributed by atoms with Gasteiger partial charge in [0.1, 0.15) is 11.3 Å². The van der Waals surface area contributed by atoms with Gasteiger partial charge in [-0.05, 0) is 38.1 Å². The minimum absolute atomic E-state index is 0.00844. The third-order valence-corrected chi connectivity index (χ3v) is 6.97. The molecule has 0 spiro atoms. The van der Waals surface area contributed by atoms with E-state index >= 15 is 0 Å². The number of ketones is 1. The highest BCUT2D eigenvalue weighted by Gasteiger charge is 2.23. The second kappa shape index (κ2) is 10.0. The summed E-state index contributed by atoms with van der Waals surface area (Å²) in [5.74, 6) is -2.02. The molecule has 3 aromatic carbocycles. The number of benzene rings is 3. The highest BCUT2D eigenvalue weighted by Crippen LogP contribution is 2.32. The van der Waals surface area contributed by atoms with Gasteiger partial charge >= 0.3 is 0 Å². The minimum Gasteiger partial charge on any atom is -0.289 e. The number of aromatic nitrogens is 3. The minimum atomic E-state index is -0.785. The van der Waals surface area contributed by atoms with Gasteiger partial charge in [-0.1, -0.05) is 53.8 Å². The van der Waals surface area contributed by atoms with Crippen LogP contribution in [0.1, 0.15) is 37.7 Å². The summed E-state index contributed by atoms with van der Waals surface area (Å²) in [6.07, 6.45) is 0. The van der Waals surface area contributed by atoms with E-state index in [2.05, 4.69) is 10.1 Å². The fraction of sp³-hybridized carbons (Fsp3) is 0.143. The maximum absolute atomic E-state index is 14.4. The Bertz CT molecular complexity index is 1610. The maximum atomic E-state index is 14.4. The molecule has 0 unspecified atom stereocenters. The summed E-state index contributed by atoms with van der Waals surface area (Å²) < 4.78 is 30.2. The zero-order chi connectivity index (χ0) is 26.1. The summed E-state index contributed by atoms with van der Waals surface area (Å²) in [6.45, 7) is 4.39. The monoisotopic (exact) mass is 516 g/mol. The van der Waals surface area contributed by atoms with Crippen molar-refractivity contribution in [2.24, 2.45) is 0 Å². The van der Waals surface area contributed by atoms with Gasteiger partial charge in [-0.3, -0.25) is 19.2 Å². The van der Waals surface area contributed by atoms with Gasteiger partial charge in [-0.2, -0.15) is 5.10 Å². The van der Waals surface area contributed by atoms with Gasteiger partial charge in [0.15, 0.2) is 16.7 Å². The molecule has 0 N–H and O–H groups in total. The highest BCUT2D eigenvalue weighted by molar-refractivity contribution is 7.22. The van der Waals surface area contributed by atoms with Gasteiger partial charge in [0.2, 0.25) is 0 Å².